The Labute approximate surface area is 93.3 Å². The van der Waals surface area contributed by atoms with Gasteiger partial charge in [0.1, 0.15) is 0 Å². The minimum Gasteiger partial charge on any atom is -0.370 e. The van der Waals surface area contributed by atoms with Gasteiger partial charge >= 0.3 is 0 Å². The van der Waals surface area contributed by atoms with Gasteiger partial charge in [-0.25, -0.2) is 0 Å². The molecule has 2 amide bonds. The number of amides is 2. The lowest BCUT2D eigenvalue weighted by Gasteiger charge is -2.03. The third-order valence-electron chi connectivity index (χ3n) is 1.79. The monoisotopic (exact) mass is 224 g/mol. The van der Waals surface area contributed by atoms with E-state index in [4.69, 9.17) is 5.73 Å². The Balaban J connectivity index is 2.47. The maximum atomic E-state index is 11.4. The van der Waals surface area contributed by atoms with Gasteiger partial charge in [-0.15, -0.1) is 12.6 Å². The van der Waals surface area contributed by atoms with E-state index >= 15 is 0 Å². The number of primary amides is 1. The first-order valence-electron chi connectivity index (χ1n) is 4.45. The van der Waals surface area contributed by atoms with Crippen molar-refractivity contribution < 1.29 is 9.59 Å². The van der Waals surface area contributed by atoms with Crippen molar-refractivity contribution in [2.45, 2.75) is 11.3 Å². The molecular weight excluding hydrogens is 212 g/mol. The molecule has 0 aliphatic heterocycles. The maximum Gasteiger partial charge on any atom is 0.251 e. The van der Waals surface area contributed by atoms with E-state index in [0.717, 1.165) is 4.90 Å². The lowest BCUT2D eigenvalue weighted by Crippen LogP contribution is -2.27. The van der Waals surface area contributed by atoms with Crippen LogP contribution in [0.25, 0.3) is 0 Å². The smallest absolute Gasteiger partial charge is 0.251 e. The van der Waals surface area contributed by atoms with Crippen molar-refractivity contribution in [2.24, 2.45) is 5.73 Å². The molecule has 0 unspecified atom stereocenters. The van der Waals surface area contributed by atoms with E-state index in [-0.39, 0.29) is 18.9 Å². The number of carbonyl (C=O) groups excluding carboxylic acids is 2. The second-order valence-electron chi connectivity index (χ2n) is 3.02. The summed E-state index contributed by atoms with van der Waals surface area (Å²) in [6.07, 6.45) is 0.149. The summed E-state index contributed by atoms with van der Waals surface area (Å²) < 4.78 is 0. The van der Waals surface area contributed by atoms with Crippen LogP contribution < -0.4 is 11.1 Å². The summed E-state index contributed by atoms with van der Waals surface area (Å²) in [6, 6.07) is 6.79. The molecule has 0 aliphatic rings. The number of benzene rings is 1. The topological polar surface area (TPSA) is 72.2 Å². The fourth-order valence-electron chi connectivity index (χ4n) is 1.01. The van der Waals surface area contributed by atoms with Gasteiger partial charge in [0, 0.05) is 23.4 Å². The third-order valence-corrected chi connectivity index (χ3v) is 2.08. The number of nitrogens with two attached hydrogens (primary N) is 1. The number of thiol groups is 1. The van der Waals surface area contributed by atoms with Gasteiger partial charge in [0.05, 0.1) is 0 Å². The standard InChI is InChI=1S/C10H12N2O2S/c11-9(13)5-6-12-10(14)7-1-3-8(15)4-2-7/h1-4,15H,5-6H2,(H2,11,13)(H,12,14). The van der Waals surface area contributed by atoms with Crippen molar-refractivity contribution in [1.82, 2.24) is 5.32 Å². The zero-order valence-electron chi connectivity index (χ0n) is 8.06. The largest absolute Gasteiger partial charge is 0.370 e. The minimum absolute atomic E-state index is 0.149. The molecule has 0 saturated heterocycles. The number of hydrogen-bond donors (Lipinski definition) is 3. The van der Waals surface area contributed by atoms with Crippen molar-refractivity contribution >= 4 is 24.4 Å². The Kier molecular flexibility index (Phi) is 4.17. The minimum atomic E-state index is -0.430. The summed E-state index contributed by atoms with van der Waals surface area (Å²) in [6.45, 7) is 0.261. The molecule has 1 aromatic carbocycles. The summed E-state index contributed by atoms with van der Waals surface area (Å²) in [5, 5.41) is 2.59. The number of carbonyl (C=O) groups is 2. The molecule has 0 aromatic heterocycles. The first-order valence-corrected chi connectivity index (χ1v) is 4.90. The summed E-state index contributed by atoms with van der Waals surface area (Å²) in [7, 11) is 0. The van der Waals surface area contributed by atoms with Gasteiger partial charge in [-0.05, 0) is 24.3 Å². The molecule has 0 saturated carbocycles. The molecule has 0 spiro atoms. The molecule has 15 heavy (non-hydrogen) atoms. The van der Waals surface area contributed by atoms with E-state index in [9.17, 15) is 9.59 Å². The van der Waals surface area contributed by atoms with Gasteiger partial charge in [0.15, 0.2) is 0 Å². The fourth-order valence-corrected chi connectivity index (χ4v) is 1.16. The number of rotatable bonds is 4. The Morgan fingerprint density at radius 2 is 1.87 bits per heavy atom. The Morgan fingerprint density at radius 1 is 1.27 bits per heavy atom. The van der Waals surface area contributed by atoms with Crippen molar-refractivity contribution in [1.29, 1.82) is 0 Å². The Hall–Kier alpha value is -1.49. The highest BCUT2D eigenvalue weighted by atomic mass is 32.1. The Morgan fingerprint density at radius 3 is 2.40 bits per heavy atom. The molecule has 80 valence electrons. The molecule has 1 aromatic rings. The Bertz CT molecular complexity index is 362. The van der Waals surface area contributed by atoms with Crippen molar-refractivity contribution in [3.8, 4) is 0 Å². The highest BCUT2D eigenvalue weighted by molar-refractivity contribution is 7.80. The van der Waals surface area contributed by atoms with E-state index in [2.05, 4.69) is 17.9 Å². The second kappa shape index (κ2) is 5.41. The average molecular weight is 224 g/mol. The summed E-state index contributed by atoms with van der Waals surface area (Å²) in [4.78, 5) is 22.7. The lowest BCUT2D eigenvalue weighted by atomic mass is 10.2. The molecule has 0 atom stereocenters. The molecule has 0 radical (unpaired) electrons. The number of nitrogens with one attached hydrogen (secondary N) is 1. The van der Waals surface area contributed by atoms with E-state index in [0.29, 0.717) is 5.56 Å². The van der Waals surface area contributed by atoms with Crippen LogP contribution in [0.2, 0.25) is 0 Å². The van der Waals surface area contributed by atoms with E-state index in [1.54, 1.807) is 24.3 Å². The van der Waals surface area contributed by atoms with Crippen molar-refractivity contribution in [2.75, 3.05) is 6.54 Å². The molecule has 4 nitrogen and oxygen atoms in total. The van der Waals surface area contributed by atoms with Gasteiger partial charge in [-0.1, -0.05) is 0 Å². The fraction of sp³-hybridized carbons (Fsp3) is 0.200. The van der Waals surface area contributed by atoms with Crippen LogP contribution in [0.1, 0.15) is 16.8 Å². The highest BCUT2D eigenvalue weighted by Gasteiger charge is 2.04. The molecule has 0 aliphatic carbocycles. The number of hydrogen-bond acceptors (Lipinski definition) is 3. The van der Waals surface area contributed by atoms with Crippen molar-refractivity contribution in [3.05, 3.63) is 29.8 Å². The SMILES string of the molecule is NC(=O)CCNC(=O)c1ccc(S)cc1. The highest BCUT2D eigenvalue weighted by Crippen LogP contribution is 2.07. The molecule has 0 heterocycles. The van der Waals surface area contributed by atoms with Crippen LogP contribution in [0.4, 0.5) is 0 Å². The summed E-state index contributed by atoms with van der Waals surface area (Å²) >= 11 is 4.10. The second-order valence-corrected chi connectivity index (χ2v) is 3.54. The van der Waals surface area contributed by atoms with Gasteiger partial charge in [-0.3, -0.25) is 9.59 Å². The zero-order chi connectivity index (χ0) is 11.3. The molecule has 0 fully saturated rings. The molecule has 3 N–H and O–H groups in total. The van der Waals surface area contributed by atoms with Gasteiger partial charge in [0.25, 0.3) is 5.91 Å². The predicted octanol–water partition coefficient (Wildman–Crippen LogP) is 0.580. The van der Waals surface area contributed by atoms with Crippen LogP contribution in [-0.2, 0) is 4.79 Å². The van der Waals surface area contributed by atoms with Crippen LogP contribution in [0, 0.1) is 0 Å². The quantitative estimate of drug-likeness (QED) is 0.655. The van der Waals surface area contributed by atoms with Crippen LogP contribution >= 0.6 is 12.6 Å². The molecular formula is C10H12N2O2S. The maximum absolute atomic E-state index is 11.4. The van der Waals surface area contributed by atoms with Crippen molar-refractivity contribution in [3.63, 3.8) is 0 Å². The normalized spacial score (nSPS) is 9.67. The predicted molar refractivity (Wildman–Crippen MR) is 59.8 cm³/mol. The van der Waals surface area contributed by atoms with Gasteiger partial charge in [0.2, 0.25) is 5.91 Å². The molecule has 0 bridgehead atoms. The van der Waals surface area contributed by atoms with Crippen LogP contribution in [0.5, 0.6) is 0 Å². The average Bonchev–Trinajstić information content (AvgIpc) is 2.18. The third kappa shape index (κ3) is 4.03. The van der Waals surface area contributed by atoms with E-state index in [1.165, 1.54) is 0 Å². The molecule has 1 rings (SSSR count). The van der Waals surface area contributed by atoms with E-state index < -0.39 is 5.91 Å². The lowest BCUT2D eigenvalue weighted by molar-refractivity contribution is -0.117. The molecule has 5 heteroatoms. The van der Waals surface area contributed by atoms with Gasteiger partial charge in [-0.2, -0.15) is 0 Å². The van der Waals surface area contributed by atoms with Crippen LogP contribution in [0.15, 0.2) is 29.2 Å². The summed E-state index contributed by atoms with van der Waals surface area (Å²) in [5.41, 5.74) is 5.48. The first-order chi connectivity index (χ1) is 7.09. The summed E-state index contributed by atoms with van der Waals surface area (Å²) in [5.74, 6) is -0.648. The van der Waals surface area contributed by atoms with Gasteiger partial charge < -0.3 is 11.1 Å². The van der Waals surface area contributed by atoms with Crippen LogP contribution in [0.3, 0.4) is 0 Å². The zero-order valence-corrected chi connectivity index (χ0v) is 8.96. The van der Waals surface area contributed by atoms with E-state index in [1.807, 2.05) is 0 Å². The van der Waals surface area contributed by atoms with Crippen LogP contribution in [-0.4, -0.2) is 18.4 Å². The first kappa shape index (κ1) is 11.6.